The molecule has 3 rings (SSSR count). The molecule has 0 radical (unpaired) electrons. The van der Waals surface area contributed by atoms with Gasteiger partial charge in [0.25, 0.3) is 0 Å². The second kappa shape index (κ2) is 12.1. The zero-order chi connectivity index (χ0) is 21.9. The molecule has 0 bridgehead atoms. The van der Waals surface area contributed by atoms with Gasteiger partial charge >= 0.3 is 0 Å². The highest BCUT2D eigenvalue weighted by Crippen LogP contribution is 2.17. The summed E-state index contributed by atoms with van der Waals surface area (Å²) >= 11 is 0. The third kappa shape index (κ3) is 7.74. The molecule has 0 spiro atoms. The van der Waals surface area contributed by atoms with E-state index in [4.69, 9.17) is 9.47 Å². The molecule has 1 aliphatic heterocycles. The second-order valence-electron chi connectivity index (χ2n) is 7.72. The van der Waals surface area contributed by atoms with Gasteiger partial charge in [0.2, 0.25) is 5.91 Å². The predicted molar refractivity (Wildman–Crippen MR) is 122 cm³/mol. The summed E-state index contributed by atoms with van der Waals surface area (Å²) in [4.78, 5) is 14.8. The lowest BCUT2D eigenvalue weighted by atomic mass is 10.1. The number of benzene rings is 2. The molecule has 2 aromatic carbocycles. The van der Waals surface area contributed by atoms with E-state index in [-0.39, 0.29) is 25.0 Å². The maximum atomic E-state index is 12.5. The van der Waals surface area contributed by atoms with Crippen LogP contribution in [0.25, 0.3) is 6.08 Å². The molecular weight excluding hydrogens is 392 g/mol. The first-order valence-corrected chi connectivity index (χ1v) is 10.8. The van der Waals surface area contributed by atoms with Gasteiger partial charge in [-0.2, -0.15) is 0 Å². The van der Waals surface area contributed by atoms with E-state index >= 15 is 0 Å². The quantitative estimate of drug-likeness (QED) is 0.580. The monoisotopic (exact) mass is 424 g/mol. The Morgan fingerprint density at radius 2 is 1.77 bits per heavy atom. The van der Waals surface area contributed by atoms with Gasteiger partial charge in [-0.3, -0.25) is 4.79 Å². The van der Waals surface area contributed by atoms with Crippen molar-refractivity contribution in [2.75, 3.05) is 33.4 Å². The van der Waals surface area contributed by atoms with Gasteiger partial charge in [0.1, 0.15) is 11.5 Å². The SMILES string of the molecule is COc1ccc(OCCC(=O)NC(CN2CCCC2)C(O)C=Cc2ccccc2)cc1. The van der Waals surface area contributed by atoms with Crippen LogP contribution >= 0.6 is 0 Å². The van der Waals surface area contributed by atoms with Gasteiger partial charge in [-0.05, 0) is 55.8 Å². The zero-order valence-electron chi connectivity index (χ0n) is 18.1. The van der Waals surface area contributed by atoms with Gasteiger partial charge in [0, 0.05) is 6.54 Å². The number of nitrogens with one attached hydrogen (secondary N) is 1. The number of hydrogen-bond donors (Lipinski definition) is 2. The maximum absolute atomic E-state index is 12.5. The molecule has 0 aliphatic carbocycles. The largest absolute Gasteiger partial charge is 0.497 e. The van der Waals surface area contributed by atoms with E-state index in [9.17, 15) is 9.90 Å². The van der Waals surface area contributed by atoms with Gasteiger partial charge < -0.3 is 24.8 Å². The molecule has 166 valence electrons. The molecule has 1 fully saturated rings. The third-order valence-corrected chi connectivity index (χ3v) is 5.35. The molecule has 31 heavy (non-hydrogen) atoms. The highest BCUT2D eigenvalue weighted by molar-refractivity contribution is 5.76. The Hall–Kier alpha value is -2.83. The van der Waals surface area contributed by atoms with Crippen molar-refractivity contribution in [3.05, 3.63) is 66.2 Å². The van der Waals surface area contributed by atoms with Crippen LogP contribution in [0.2, 0.25) is 0 Å². The lowest BCUT2D eigenvalue weighted by molar-refractivity contribution is -0.123. The summed E-state index contributed by atoms with van der Waals surface area (Å²) in [6.07, 6.45) is 5.41. The molecule has 2 unspecified atom stereocenters. The first-order chi connectivity index (χ1) is 15.1. The summed E-state index contributed by atoms with van der Waals surface area (Å²) < 4.78 is 10.8. The average Bonchev–Trinajstić information content (AvgIpc) is 3.31. The Bertz CT molecular complexity index is 817. The fourth-order valence-corrected chi connectivity index (χ4v) is 3.60. The number of rotatable bonds is 11. The number of carbonyl (C=O) groups is 1. The summed E-state index contributed by atoms with van der Waals surface area (Å²) in [6.45, 7) is 2.90. The molecule has 1 aliphatic rings. The third-order valence-electron chi connectivity index (χ3n) is 5.35. The van der Waals surface area contributed by atoms with Crippen LogP contribution in [-0.2, 0) is 4.79 Å². The van der Waals surface area contributed by atoms with E-state index in [0.29, 0.717) is 12.3 Å². The number of amides is 1. The van der Waals surface area contributed by atoms with Gasteiger partial charge in [0.05, 0.1) is 32.3 Å². The average molecular weight is 425 g/mol. The Labute approximate surface area is 184 Å². The van der Waals surface area contributed by atoms with Crippen LogP contribution in [0.1, 0.15) is 24.8 Å². The van der Waals surface area contributed by atoms with Crippen molar-refractivity contribution in [1.29, 1.82) is 0 Å². The second-order valence-corrected chi connectivity index (χ2v) is 7.72. The fraction of sp³-hybridized carbons (Fsp3) is 0.400. The van der Waals surface area contributed by atoms with Gasteiger partial charge in [-0.25, -0.2) is 0 Å². The predicted octanol–water partition coefficient (Wildman–Crippen LogP) is 3.12. The minimum absolute atomic E-state index is 0.134. The molecule has 6 heteroatoms. The van der Waals surface area contributed by atoms with E-state index in [1.165, 1.54) is 0 Å². The first-order valence-electron chi connectivity index (χ1n) is 10.8. The van der Waals surface area contributed by atoms with Crippen molar-refractivity contribution < 1.29 is 19.4 Å². The van der Waals surface area contributed by atoms with Crippen LogP contribution in [0.3, 0.4) is 0 Å². The number of ether oxygens (including phenoxy) is 2. The summed E-state index contributed by atoms with van der Waals surface area (Å²) in [5.41, 5.74) is 1.01. The minimum atomic E-state index is -0.771. The molecule has 2 atom stereocenters. The number of aliphatic hydroxyl groups is 1. The van der Waals surface area contributed by atoms with Crippen LogP contribution in [0.4, 0.5) is 0 Å². The van der Waals surface area contributed by atoms with Crippen molar-refractivity contribution in [2.24, 2.45) is 0 Å². The van der Waals surface area contributed by atoms with E-state index in [0.717, 1.165) is 37.2 Å². The molecule has 1 amide bonds. The zero-order valence-corrected chi connectivity index (χ0v) is 18.1. The van der Waals surface area contributed by atoms with Crippen molar-refractivity contribution in [3.63, 3.8) is 0 Å². The minimum Gasteiger partial charge on any atom is -0.497 e. The molecule has 1 saturated heterocycles. The van der Waals surface area contributed by atoms with Crippen molar-refractivity contribution in [3.8, 4) is 11.5 Å². The fourth-order valence-electron chi connectivity index (χ4n) is 3.60. The van der Waals surface area contributed by atoms with Gasteiger partial charge in [-0.1, -0.05) is 42.5 Å². The summed E-state index contributed by atoms with van der Waals surface area (Å²) in [5, 5.41) is 13.8. The highest BCUT2D eigenvalue weighted by atomic mass is 16.5. The van der Waals surface area contributed by atoms with Crippen molar-refractivity contribution >= 4 is 12.0 Å². The molecule has 2 aromatic rings. The normalized spacial score (nSPS) is 16.2. The molecule has 6 nitrogen and oxygen atoms in total. The van der Waals surface area contributed by atoms with Crippen molar-refractivity contribution in [1.82, 2.24) is 10.2 Å². The van der Waals surface area contributed by atoms with E-state index in [1.807, 2.05) is 60.7 Å². The Morgan fingerprint density at radius 1 is 1.10 bits per heavy atom. The van der Waals surface area contributed by atoms with Crippen molar-refractivity contribution in [2.45, 2.75) is 31.4 Å². The van der Waals surface area contributed by atoms with Crippen LogP contribution in [0.15, 0.2) is 60.7 Å². The summed E-state index contributed by atoms with van der Waals surface area (Å²) in [7, 11) is 1.61. The number of hydrogen-bond acceptors (Lipinski definition) is 5. The summed E-state index contributed by atoms with van der Waals surface area (Å²) in [6, 6.07) is 16.7. The number of methoxy groups -OCH3 is 1. The molecule has 2 N–H and O–H groups in total. The van der Waals surface area contributed by atoms with E-state index in [2.05, 4.69) is 10.2 Å². The smallest absolute Gasteiger partial charge is 0.223 e. The van der Waals surface area contributed by atoms with Crippen LogP contribution in [0, 0.1) is 0 Å². The van der Waals surface area contributed by atoms with Crippen LogP contribution in [0.5, 0.6) is 11.5 Å². The Morgan fingerprint density at radius 3 is 2.45 bits per heavy atom. The standard InChI is InChI=1S/C25H32N2O4/c1-30-21-10-12-22(13-11-21)31-18-15-25(29)26-23(19-27-16-5-6-17-27)24(28)14-9-20-7-3-2-4-8-20/h2-4,7-14,23-24,28H,5-6,15-19H2,1H3,(H,26,29). The molecule has 0 saturated carbocycles. The number of nitrogens with zero attached hydrogens (tertiary/aromatic N) is 1. The highest BCUT2D eigenvalue weighted by Gasteiger charge is 2.24. The Balaban J connectivity index is 1.52. The molecular formula is C25H32N2O4. The molecule has 1 heterocycles. The number of likely N-dealkylation sites (tertiary alicyclic amines) is 1. The van der Waals surface area contributed by atoms with Crippen LogP contribution in [-0.4, -0.2) is 61.4 Å². The van der Waals surface area contributed by atoms with E-state index in [1.54, 1.807) is 13.2 Å². The van der Waals surface area contributed by atoms with E-state index < -0.39 is 6.10 Å². The van der Waals surface area contributed by atoms with Gasteiger partial charge in [-0.15, -0.1) is 0 Å². The maximum Gasteiger partial charge on any atom is 0.223 e. The number of carbonyl (C=O) groups excluding carboxylic acids is 1. The molecule has 0 aromatic heterocycles. The van der Waals surface area contributed by atoms with Crippen LogP contribution < -0.4 is 14.8 Å². The lowest BCUT2D eigenvalue weighted by Crippen LogP contribution is -2.49. The first kappa shape index (κ1) is 22.8. The summed E-state index contributed by atoms with van der Waals surface area (Å²) in [5.74, 6) is 1.31. The Kier molecular flexibility index (Phi) is 8.94. The lowest BCUT2D eigenvalue weighted by Gasteiger charge is -2.27. The number of aliphatic hydroxyl groups excluding tert-OH is 1. The topological polar surface area (TPSA) is 71.0 Å². The van der Waals surface area contributed by atoms with Gasteiger partial charge in [0.15, 0.2) is 0 Å².